The number of benzene rings is 3. The lowest BCUT2D eigenvalue weighted by Gasteiger charge is -2.37. The first-order chi connectivity index (χ1) is 48.4. The summed E-state index contributed by atoms with van der Waals surface area (Å²) in [6.45, 7) is 18.7. The fraction of sp³-hybridized carbons (Fsp3) is 0.587. The molecular formula is C75H113N13O15. The summed E-state index contributed by atoms with van der Waals surface area (Å²) in [6.07, 6.45) is -0.0525. The van der Waals surface area contributed by atoms with Crippen LogP contribution in [0, 0.1) is 23.7 Å². The number of piperidine rings is 1. The van der Waals surface area contributed by atoms with E-state index in [1.54, 1.807) is 131 Å². The number of likely N-dealkylation sites (tertiary alicyclic amines) is 1. The van der Waals surface area contributed by atoms with Gasteiger partial charge in [-0.3, -0.25) is 62.3 Å². The van der Waals surface area contributed by atoms with Crippen LogP contribution in [0.2, 0.25) is 0 Å². The standard InChI is InChI=1S/C75H113N13O15/c1-44(2)37-56(85(14)74(102)62(46(5)6)81-65(93)48(9)76)69(97)82-63(50(11)89)75(103)86(15)57(40-52-31-23-18-24-32-52)67(95)77-43-60(90)83(12)59(38-45(3)4)73(101)87(16)64(47(7)8)70(98)79-54(39-51-29-21-17-22-30-51)66(94)80-55(42-61(91)92)72(100)84(13)58(41-53-33-25-19-26-34-53)68(96)78-49(10)71(99)88-35-27-20-28-36-88/h17-19,21-26,29-34,44-50,54-59,62-64,89H,20,27-28,35-43,76H2,1-16H3,(H,77,95)(H,78,96)(H,79,98)(H,80,94)(H,81,93)(H,82,97)(H,91,92)/t48-,49-,50+,54-,55-,56-,57-,58?,59-,62-,63-,64-/m0/s1. The minimum Gasteiger partial charge on any atom is -0.481 e. The number of rotatable bonds is 38. The fourth-order valence-electron chi connectivity index (χ4n) is 12.4. The van der Waals surface area contributed by atoms with Gasteiger partial charge >= 0.3 is 5.97 Å². The predicted molar refractivity (Wildman–Crippen MR) is 388 cm³/mol. The number of aliphatic hydroxyl groups is 1. The molecule has 4 rings (SSSR count). The van der Waals surface area contributed by atoms with E-state index in [2.05, 4.69) is 31.9 Å². The van der Waals surface area contributed by atoms with Crippen molar-refractivity contribution in [2.24, 2.45) is 29.4 Å². The molecule has 1 fully saturated rings. The summed E-state index contributed by atoms with van der Waals surface area (Å²) < 4.78 is 0. The number of nitrogens with one attached hydrogen (secondary N) is 6. The van der Waals surface area contributed by atoms with Crippen molar-refractivity contribution in [1.29, 1.82) is 0 Å². The van der Waals surface area contributed by atoms with Gasteiger partial charge in [0.2, 0.25) is 70.9 Å². The number of nitrogens with two attached hydrogens (primary N) is 1. The minimum absolute atomic E-state index is 0.0522. The second-order valence-corrected chi connectivity index (χ2v) is 28.7. The summed E-state index contributed by atoms with van der Waals surface area (Å²) >= 11 is 0. The van der Waals surface area contributed by atoms with Gasteiger partial charge in [0.25, 0.3) is 0 Å². The molecule has 0 radical (unpaired) electrons. The van der Waals surface area contributed by atoms with Crippen LogP contribution in [0.5, 0.6) is 0 Å². The van der Waals surface area contributed by atoms with E-state index < -0.39 is 168 Å². The van der Waals surface area contributed by atoms with Crippen molar-refractivity contribution in [3.63, 3.8) is 0 Å². The molecule has 0 saturated carbocycles. The second kappa shape index (κ2) is 41.1. The molecule has 3 aromatic rings. The number of likely N-dealkylation sites (N-methyl/N-ethyl adjacent to an activating group) is 5. The molecule has 1 unspecified atom stereocenters. The van der Waals surface area contributed by atoms with Crippen LogP contribution in [-0.4, -0.2) is 244 Å². The maximum Gasteiger partial charge on any atom is 0.305 e. The Morgan fingerprint density at radius 2 is 0.883 bits per heavy atom. The van der Waals surface area contributed by atoms with Crippen LogP contribution in [0.3, 0.4) is 0 Å². The van der Waals surface area contributed by atoms with E-state index in [9.17, 15) is 67.7 Å². The molecule has 103 heavy (non-hydrogen) atoms. The van der Waals surface area contributed by atoms with Crippen molar-refractivity contribution in [1.82, 2.24) is 61.3 Å². The summed E-state index contributed by atoms with van der Waals surface area (Å²) in [5, 5.41) is 37.4. The lowest BCUT2D eigenvalue weighted by molar-refractivity contribution is -0.150. The number of aliphatic hydroxyl groups excluding tert-OH is 1. The molecule has 28 nitrogen and oxygen atoms in total. The molecule has 12 atom stereocenters. The second-order valence-electron chi connectivity index (χ2n) is 28.7. The number of carbonyl (C=O) groups excluding carboxylic acids is 12. The number of hydrogen-bond donors (Lipinski definition) is 9. The molecule has 1 saturated heterocycles. The van der Waals surface area contributed by atoms with Gasteiger partial charge in [0.15, 0.2) is 0 Å². The summed E-state index contributed by atoms with van der Waals surface area (Å²) in [4.78, 5) is 192. The maximum absolute atomic E-state index is 15.1. The number of amides is 12. The van der Waals surface area contributed by atoms with E-state index >= 15 is 4.79 Å². The minimum atomic E-state index is -1.79. The Kier molecular flexibility index (Phi) is 34.4. The first-order valence-corrected chi connectivity index (χ1v) is 35.6. The van der Waals surface area contributed by atoms with Gasteiger partial charge < -0.3 is 77.2 Å². The van der Waals surface area contributed by atoms with Crippen LogP contribution in [-0.2, 0) is 81.6 Å². The van der Waals surface area contributed by atoms with Crippen molar-refractivity contribution in [3.8, 4) is 0 Å². The Morgan fingerprint density at radius 3 is 1.35 bits per heavy atom. The summed E-state index contributed by atoms with van der Waals surface area (Å²) in [5.74, 6) is -11.8. The topological polar surface area (TPSA) is 380 Å². The molecule has 28 heteroatoms. The van der Waals surface area contributed by atoms with Gasteiger partial charge in [0.05, 0.1) is 25.1 Å². The third-order valence-electron chi connectivity index (χ3n) is 18.5. The van der Waals surface area contributed by atoms with Crippen LogP contribution in [0.15, 0.2) is 91.0 Å². The molecule has 568 valence electrons. The molecule has 0 aliphatic carbocycles. The lowest BCUT2D eigenvalue weighted by atomic mass is 9.96. The molecular weight excluding hydrogens is 1320 g/mol. The summed E-state index contributed by atoms with van der Waals surface area (Å²) in [7, 11) is 6.74. The van der Waals surface area contributed by atoms with Crippen molar-refractivity contribution in [2.75, 3.05) is 54.9 Å². The van der Waals surface area contributed by atoms with Gasteiger partial charge in [-0.2, -0.15) is 0 Å². The van der Waals surface area contributed by atoms with Crippen LogP contribution < -0.4 is 37.6 Å². The van der Waals surface area contributed by atoms with Gasteiger partial charge in [-0.05, 0) is 93.2 Å². The maximum atomic E-state index is 15.1. The number of aliphatic carboxylic acids is 1. The molecule has 1 aliphatic heterocycles. The van der Waals surface area contributed by atoms with Crippen LogP contribution in [0.4, 0.5) is 0 Å². The quantitative estimate of drug-likeness (QED) is 0.0396. The van der Waals surface area contributed by atoms with Crippen LogP contribution >= 0.6 is 0 Å². The predicted octanol–water partition coefficient (Wildman–Crippen LogP) is 2.03. The number of nitrogens with zero attached hydrogens (tertiary/aromatic N) is 6. The SMILES string of the molecule is CC(C)C[C@@H](C(=O)N(C)[C@H](C(=O)N[C@@H](Cc1ccccc1)C(=O)N[C@@H](CC(=O)O)C(=O)N(C)C(Cc1ccccc1)C(=O)N[C@@H](C)C(=O)N1CCCCC1)C(C)C)N(C)C(=O)CNC(=O)[C@H](Cc1ccccc1)N(C)C(=O)[C@@H](NC(=O)[C@H](CC(C)C)N(C)C(=O)[C@@H](NC(=O)[C@H](C)N)C(C)C)[C@@H](C)O. The normalized spacial score (nSPS) is 15.8. The Bertz CT molecular complexity index is 3350. The zero-order valence-electron chi connectivity index (χ0n) is 62.8. The highest BCUT2D eigenvalue weighted by atomic mass is 16.4. The molecule has 0 aromatic heterocycles. The smallest absolute Gasteiger partial charge is 0.305 e. The highest BCUT2D eigenvalue weighted by Crippen LogP contribution is 2.22. The monoisotopic (exact) mass is 1440 g/mol. The van der Waals surface area contributed by atoms with E-state index in [0.29, 0.717) is 29.8 Å². The van der Waals surface area contributed by atoms with Gasteiger partial charge in [0, 0.05) is 67.6 Å². The molecule has 1 aliphatic rings. The van der Waals surface area contributed by atoms with Gasteiger partial charge in [-0.25, -0.2) is 0 Å². The molecule has 1 heterocycles. The zero-order chi connectivity index (χ0) is 77.3. The molecule has 12 amide bonds. The van der Waals surface area contributed by atoms with Crippen LogP contribution in [0.1, 0.15) is 131 Å². The van der Waals surface area contributed by atoms with Crippen molar-refractivity contribution in [2.45, 2.75) is 207 Å². The molecule has 0 spiro atoms. The van der Waals surface area contributed by atoms with Crippen molar-refractivity contribution < 1.29 is 72.5 Å². The third-order valence-corrected chi connectivity index (χ3v) is 18.5. The highest BCUT2D eigenvalue weighted by molar-refractivity contribution is 6.00. The van der Waals surface area contributed by atoms with E-state index in [1.807, 2.05) is 27.7 Å². The number of carboxylic acids is 1. The largest absolute Gasteiger partial charge is 0.481 e. The number of hydrogen-bond acceptors (Lipinski definition) is 15. The highest BCUT2D eigenvalue weighted by Gasteiger charge is 2.43. The van der Waals surface area contributed by atoms with E-state index in [1.165, 1.54) is 54.0 Å². The lowest BCUT2D eigenvalue weighted by Crippen LogP contribution is -2.62. The van der Waals surface area contributed by atoms with Crippen molar-refractivity contribution >= 4 is 76.9 Å². The average molecular weight is 1440 g/mol. The van der Waals surface area contributed by atoms with E-state index in [0.717, 1.165) is 38.9 Å². The van der Waals surface area contributed by atoms with Gasteiger partial charge in [-0.15, -0.1) is 0 Å². The van der Waals surface area contributed by atoms with Crippen LogP contribution in [0.25, 0.3) is 0 Å². The van der Waals surface area contributed by atoms with Gasteiger partial charge in [-0.1, -0.05) is 146 Å². The third kappa shape index (κ3) is 25.9. The van der Waals surface area contributed by atoms with Gasteiger partial charge in [0.1, 0.15) is 60.4 Å². The fourth-order valence-corrected chi connectivity index (χ4v) is 12.4. The Morgan fingerprint density at radius 1 is 0.447 bits per heavy atom. The molecule has 0 bridgehead atoms. The van der Waals surface area contributed by atoms with Crippen molar-refractivity contribution in [3.05, 3.63) is 108 Å². The number of carbonyl (C=O) groups is 13. The first-order valence-electron chi connectivity index (χ1n) is 35.6. The Labute approximate surface area is 606 Å². The summed E-state index contributed by atoms with van der Waals surface area (Å²) in [6, 6.07) is 11.5. The first kappa shape index (κ1) is 86.1. The van der Waals surface area contributed by atoms with E-state index in [4.69, 9.17) is 5.73 Å². The average Bonchev–Trinajstić information content (AvgIpc) is 0.837. The Hall–Kier alpha value is -9.31. The number of carboxylic acid groups (broad SMARTS) is 1. The molecule has 10 N–H and O–H groups in total. The Balaban J connectivity index is 1.61. The van der Waals surface area contributed by atoms with E-state index in [-0.39, 0.29) is 49.8 Å². The molecule has 3 aromatic carbocycles. The zero-order valence-corrected chi connectivity index (χ0v) is 62.8. The summed E-state index contributed by atoms with van der Waals surface area (Å²) in [5.41, 5.74) is 7.58.